The van der Waals surface area contributed by atoms with Crippen molar-refractivity contribution in [3.63, 3.8) is 0 Å². The molecule has 6 heteroatoms. The third-order valence-corrected chi connectivity index (χ3v) is 5.09. The number of fused-ring (bicyclic) bond motifs is 1. The van der Waals surface area contributed by atoms with Gasteiger partial charge in [0.2, 0.25) is 0 Å². The monoisotopic (exact) mass is 290 g/mol. The molecule has 0 bridgehead atoms. The fourth-order valence-electron chi connectivity index (χ4n) is 1.97. The van der Waals surface area contributed by atoms with Crippen molar-refractivity contribution in [3.05, 3.63) is 32.8 Å². The number of hydrogen-bond acceptors (Lipinski definition) is 6. The standard InChI is InChI=1S/C13H14N4S2/c1-7-8(2)18-13-11(7)12(16-6-17-13)15-5-10-4-14-9(3)19-10/h4,6H,5H2,1-3H3,(H,15,16,17). The van der Waals surface area contributed by atoms with Crippen molar-refractivity contribution in [1.29, 1.82) is 0 Å². The summed E-state index contributed by atoms with van der Waals surface area (Å²) in [5, 5.41) is 5.63. The first kappa shape index (κ1) is 12.5. The van der Waals surface area contributed by atoms with Gasteiger partial charge in [-0.15, -0.1) is 22.7 Å². The smallest absolute Gasteiger partial charge is 0.138 e. The molecule has 0 atom stereocenters. The molecule has 0 unspecified atom stereocenters. The zero-order chi connectivity index (χ0) is 13.4. The third kappa shape index (κ3) is 2.33. The lowest BCUT2D eigenvalue weighted by Gasteiger charge is -2.05. The molecule has 3 aromatic rings. The second-order valence-corrected chi connectivity index (χ2v) is 6.91. The number of thiazole rings is 1. The molecular weight excluding hydrogens is 276 g/mol. The Bertz CT molecular complexity index is 729. The molecule has 3 aromatic heterocycles. The molecule has 0 radical (unpaired) electrons. The van der Waals surface area contributed by atoms with Crippen molar-refractivity contribution < 1.29 is 0 Å². The molecule has 19 heavy (non-hydrogen) atoms. The maximum absolute atomic E-state index is 4.37. The summed E-state index contributed by atoms with van der Waals surface area (Å²) in [4.78, 5) is 16.5. The minimum atomic E-state index is 0.756. The Morgan fingerprint density at radius 1 is 1.11 bits per heavy atom. The number of anilines is 1. The summed E-state index contributed by atoms with van der Waals surface area (Å²) in [5.41, 5.74) is 1.27. The highest BCUT2D eigenvalue weighted by atomic mass is 32.1. The summed E-state index contributed by atoms with van der Waals surface area (Å²) in [5.74, 6) is 0.915. The normalized spacial score (nSPS) is 11.1. The molecule has 0 saturated carbocycles. The number of thiophene rings is 1. The van der Waals surface area contributed by atoms with Crippen molar-refractivity contribution in [2.45, 2.75) is 27.3 Å². The van der Waals surface area contributed by atoms with E-state index in [-0.39, 0.29) is 0 Å². The van der Waals surface area contributed by atoms with Crippen LogP contribution >= 0.6 is 22.7 Å². The Balaban J connectivity index is 1.92. The zero-order valence-electron chi connectivity index (χ0n) is 11.0. The predicted octanol–water partition coefficient (Wildman–Crippen LogP) is 3.69. The van der Waals surface area contributed by atoms with Crippen molar-refractivity contribution in [1.82, 2.24) is 15.0 Å². The molecule has 0 fully saturated rings. The van der Waals surface area contributed by atoms with Crippen LogP contribution in [0.25, 0.3) is 10.2 Å². The van der Waals surface area contributed by atoms with Crippen molar-refractivity contribution in [3.8, 4) is 0 Å². The summed E-state index contributed by atoms with van der Waals surface area (Å²) < 4.78 is 0. The lowest BCUT2D eigenvalue weighted by Crippen LogP contribution is -2.01. The van der Waals surface area contributed by atoms with Gasteiger partial charge in [0.15, 0.2) is 0 Å². The number of aromatic nitrogens is 3. The first-order valence-corrected chi connectivity index (χ1v) is 7.64. The van der Waals surface area contributed by atoms with E-state index in [9.17, 15) is 0 Å². The lowest BCUT2D eigenvalue weighted by atomic mass is 10.2. The van der Waals surface area contributed by atoms with E-state index in [0.29, 0.717) is 0 Å². The molecule has 0 saturated heterocycles. The van der Waals surface area contributed by atoms with E-state index < -0.39 is 0 Å². The van der Waals surface area contributed by atoms with E-state index in [1.807, 2.05) is 13.1 Å². The Labute approximate surface area is 119 Å². The van der Waals surface area contributed by atoms with Crippen molar-refractivity contribution in [2.75, 3.05) is 5.32 Å². The van der Waals surface area contributed by atoms with Gasteiger partial charge >= 0.3 is 0 Å². The van der Waals surface area contributed by atoms with Gasteiger partial charge in [-0.3, -0.25) is 0 Å². The predicted molar refractivity (Wildman–Crippen MR) is 81.1 cm³/mol. The fraction of sp³-hybridized carbons (Fsp3) is 0.308. The molecule has 1 N–H and O–H groups in total. The van der Waals surface area contributed by atoms with Crippen LogP contribution in [-0.4, -0.2) is 15.0 Å². The Hall–Kier alpha value is -1.53. The molecule has 0 aromatic carbocycles. The highest BCUT2D eigenvalue weighted by Crippen LogP contribution is 2.32. The highest BCUT2D eigenvalue weighted by Gasteiger charge is 2.11. The minimum Gasteiger partial charge on any atom is -0.364 e. The number of aryl methyl sites for hydroxylation is 3. The van der Waals surface area contributed by atoms with E-state index in [1.165, 1.54) is 15.3 Å². The average Bonchev–Trinajstić information content (AvgIpc) is 2.93. The van der Waals surface area contributed by atoms with Gasteiger partial charge in [-0.25, -0.2) is 15.0 Å². The summed E-state index contributed by atoms with van der Waals surface area (Å²) in [6, 6.07) is 0. The molecule has 0 spiro atoms. The van der Waals surface area contributed by atoms with Crippen LogP contribution in [0.15, 0.2) is 12.5 Å². The molecule has 3 heterocycles. The van der Waals surface area contributed by atoms with Crippen LogP contribution in [0.1, 0.15) is 20.3 Å². The van der Waals surface area contributed by atoms with Crippen LogP contribution in [0.4, 0.5) is 5.82 Å². The van der Waals surface area contributed by atoms with Gasteiger partial charge in [0.1, 0.15) is 17.0 Å². The minimum absolute atomic E-state index is 0.756. The van der Waals surface area contributed by atoms with E-state index in [0.717, 1.165) is 27.6 Å². The second-order valence-electron chi connectivity index (χ2n) is 4.38. The lowest BCUT2D eigenvalue weighted by molar-refractivity contribution is 1.12. The summed E-state index contributed by atoms with van der Waals surface area (Å²) in [7, 11) is 0. The molecule has 0 aliphatic heterocycles. The quantitative estimate of drug-likeness (QED) is 0.799. The Morgan fingerprint density at radius 2 is 1.95 bits per heavy atom. The Morgan fingerprint density at radius 3 is 2.68 bits per heavy atom. The summed E-state index contributed by atoms with van der Waals surface area (Å²) in [6.45, 7) is 7.02. The molecule has 98 valence electrons. The van der Waals surface area contributed by atoms with E-state index >= 15 is 0 Å². The van der Waals surface area contributed by atoms with Crippen LogP contribution in [0.3, 0.4) is 0 Å². The van der Waals surface area contributed by atoms with Crippen LogP contribution in [-0.2, 0) is 6.54 Å². The van der Waals surface area contributed by atoms with Gasteiger partial charge in [-0.05, 0) is 26.3 Å². The van der Waals surface area contributed by atoms with Crippen molar-refractivity contribution in [2.24, 2.45) is 0 Å². The number of rotatable bonds is 3. The highest BCUT2D eigenvalue weighted by molar-refractivity contribution is 7.18. The summed E-state index contributed by atoms with van der Waals surface area (Å²) >= 11 is 3.43. The van der Waals surface area contributed by atoms with Crippen molar-refractivity contribution >= 4 is 38.7 Å². The number of nitrogens with one attached hydrogen (secondary N) is 1. The zero-order valence-corrected chi connectivity index (χ0v) is 12.7. The van der Waals surface area contributed by atoms with Crippen LogP contribution < -0.4 is 5.32 Å². The van der Waals surface area contributed by atoms with E-state index in [4.69, 9.17) is 0 Å². The molecule has 0 aliphatic carbocycles. The second kappa shape index (κ2) is 4.86. The van der Waals surface area contributed by atoms with Gasteiger partial charge in [0.05, 0.1) is 16.9 Å². The van der Waals surface area contributed by atoms with Gasteiger partial charge in [0.25, 0.3) is 0 Å². The third-order valence-electron chi connectivity index (χ3n) is 3.06. The van der Waals surface area contributed by atoms with Gasteiger partial charge < -0.3 is 5.32 Å². The first-order chi connectivity index (χ1) is 9.15. The number of nitrogens with zero attached hydrogens (tertiary/aromatic N) is 3. The average molecular weight is 290 g/mol. The Kier molecular flexibility index (Phi) is 3.20. The molecule has 4 nitrogen and oxygen atoms in total. The molecule has 0 amide bonds. The summed E-state index contributed by atoms with van der Waals surface area (Å²) in [6.07, 6.45) is 3.54. The molecule has 0 aliphatic rings. The van der Waals surface area contributed by atoms with Gasteiger partial charge in [-0.2, -0.15) is 0 Å². The fourth-order valence-corrected chi connectivity index (χ4v) is 3.71. The first-order valence-electron chi connectivity index (χ1n) is 6.01. The van der Waals surface area contributed by atoms with E-state index in [1.54, 1.807) is 29.0 Å². The number of hydrogen-bond donors (Lipinski definition) is 1. The molecule has 3 rings (SSSR count). The van der Waals surface area contributed by atoms with Crippen LogP contribution in [0, 0.1) is 20.8 Å². The van der Waals surface area contributed by atoms with E-state index in [2.05, 4.69) is 34.1 Å². The van der Waals surface area contributed by atoms with Crippen LogP contribution in [0.2, 0.25) is 0 Å². The largest absolute Gasteiger partial charge is 0.364 e. The topological polar surface area (TPSA) is 50.7 Å². The van der Waals surface area contributed by atoms with Crippen LogP contribution in [0.5, 0.6) is 0 Å². The molecular formula is C13H14N4S2. The maximum atomic E-state index is 4.37. The van der Waals surface area contributed by atoms with Gasteiger partial charge in [-0.1, -0.05) is 0 Å². The SMILES string of the molecule is Cc1ncc(CNc2ncnc3sc(C)c(C)c23)s1. The maximum Gasteiger partial charge on any atom is 0.138 e. The van der Waals surface area contributed by atoms with Gasteiger partial charge in [0, 0.05) is 16.0 Å².